The Balaban J connectivity index is 1.35. The zero-order valence-corrected chi connectivity index (χ0v) is 19.9. The zero-order valence-electron chi connectivity index (χ0n) is 17.5. The Kier molecular flexibility index (Phi) is 7.41. The van der Waals surface area contributed by atoms with Crippen LogP contribution in [0.15, 0.2) is 41.8 Å². The van der Waals surface area contributed by atoms with Crippen molar-refractivity contribution in [2.24, 2.45) is 0 Å². The lowest BCUT2D eigenvalue weighted by Crippen LogP contribution is -2.38. The fraction of sp³-hybridized carbons (Fsp3) is 0.318. The van der Waals surface area contributed by atoms with Gasteiger partial charge >= 0.3 is 0 Å². The summed E-state index contributed by atoms with van der Waals surface area (Å²) in [6.07, 6.45) is 0. The predicted octanol–water partition coefficient (Wildman–Crippen LogP) is 4.46. The molecule has 1 aliphatic heterocycles. The first-order valence-electron chi connectivity index (χ1n) is 10.3. The van der Waals surface area contributed by atoms with E-state index >= 15 is 0 Å². The first-order valence-corrected chi connectivity index (χ1v) is 12.3. The van der Waals surface area contributed by atoms with E-state index in [1.807, 2.05) is 37.3 Å². The Morgan fingerprint density at radius 1 is 1.19 bits per heavy atom. The van der Waals surface area contributed by atoms with Crippen LogP contribution in [0.3, 0.4) is 0 Å². The van der Waals surface area contributed by atoms with Gasteiger partial charge in [0.05, 0.1) is 22.4 Å². The fourth-order valence-corrected chi connectivity index (χ4v) is 5.26. The van der Waals surface area contributed by atoms with Crippen molar-refractivity contribution in [1.29, 1.82) is 0 Å². The number of halogens is 1. The van der Waals surface area contributed by atoms with Gasteiger partial charge in [0.15, 0.2) is 0 Å². The predicted molar refractivity (Wildman–Crippen MR) is 130 cm³/mol. The molecular formula is C22H23ClN4O3S2. The van der Waals surface area contributed by atoms with Crippen LogP contribution in [0.25, 0.3) is 9.88 Å². The average Bonchev–Trinajstić information content (AvgIpc) is 3.47. The Morgan fingerprint density at radius 2 is 1.94 bits per heavy atom. The maximum Gasteiger partial charge on any atom is 0.273 e. The lowest BCUT2D eigenvalue weighted by Gasteiger charge is -2.29. The van der Waals surface area contributed by atoms with Gasteiger partial charge in [0.2, 0.25) is 5.91 Å². The maximum absolute atomic E-state index is 12.9. The third-order valence-corrected chi connectivity index (χ3v) is 7.28. The highest BCUT2D eigenvalue weighted by Gasteiger charge is 2.21. The number of benzene rings is 1. The number of nitrogens with one attached hydrogen (secondary N) is 1. The van der Waals surface area contributed by atoms with E-state index < -0.39 is 0 Å². The van der Waals surface area contributed by atoms with Gasteiger partial charge in [-0.3, -0.25) is 9.59 Å². The molecule has 0 atom stereocenters. The van der Waals surface area contributed by atoms with Gasteiger partial charge in [-0.2, -0.15) is 0 Å². The Morgan fingerprint density at radius 3 is 2.59 bits per heavy atom. The molecule has 0 aliphatic carbocycles. The molecule has 32 heavy (non-hydrogen) atoms. The lowest BCUT2D eigenvalue weighted by atomic mass is 10.2. The average molecular weight is 491 g/mol. The molecule has 0 bridgehead atoms. The Labute approximate surface area is 199 Å². The molecule has 1 aliphatic rings. The molecule has 168 valence electrons. The highest BCUT2D eigenvalue weighted by Crippen LogP contribution is 2.33. The van der Waals surface area contributed by atoms with Crippen molar-refractivity contribution in [1.82, 2.24) is 9.88 Å². The molecule has 0 spiro atoms. The van der Waals surface area contributed by atoms with Crippen molar-refractivity contribution in [2.45, 2.75) is 6.92 Å². The third kappa shape index (κ3) is 5.47. The van der Waals surface area contributed by atoms with Crippen LogP contribution in [-0.2, 0) is 9.53 Å². The molecule has 3 heterocycles. The SMILES string of the molecule is CCN(CC(=O)Nc1ccc(N2CCOCC2)cc1)C(=O)c1csc(-c2ccc(Cl)s2)n1. The molecule has 1 saturated heterocycles. The molecule has 1 N–H and O–H groups in total. The van der Waals surface area contributed by atoms with E-state index in [1.54, 1.807) is 11.4 Å². The van der Waals surface area contributed by atoms with Gasteiger partial charge in [-0.25, -0.2) is 4.98 Å². The summed E-state index contributed by atoms with van der Waals surface area (Å²) in [6.45, 7) is 5.36. The van der Waals surface area contributed by atoms with E-state index in [0.717, 1.165) is 41.9 Å². The molecule has 4 rings (SSSR count). The number of thiazole rings is 1. The Hall–Kier alpha value is -2.46. The molecule has 1 fully saturated rings. The van der Waals surface area contributed by atoms with Gasteiger partial charge in [0, 0.05) is 36.4 Å². The van der Waals surface area contributed by atoms with Gasteiger partial charge < -0.3 is 19.9 Å². The summed E-state index contributed by atoms with van der Waals surface area (Å²) in [4.78, 5) is 34.5. The van der Waals surface area contributed by atoms with E-state index in [-0.39, 0.29) is 18.4 Å². The largest absolute Gasteiger partial charge is 0.378 e. The molecular weight excluding hydrogens is 468 g/mol. The summed E-state index contributed by atoms with van der Waals surface area (Å²) in [5, 5.41) is 5.33. The van der Waals surface area contributed by atoms with Crippen molar-refractivity contribution in [3.8, 4) is 9.88 Å². The Bertz CT molecular complexity index is 1080. The summed E-state index contributed by atoms with van der Waals surface area (Å²) in [6, 6.07) is 11.4. The number of aromatic nitrogens is 1. The summed E-state index contributed by atoms with van der Waals surface area (Å²) < 4.78 is 6.06. The fourth-order valence-electron chi connectivity index (χ4n) is 3.35. The van der Waals surface area contributed by atoms with Crippen molar-refractivity contribution in [2.75, 3.05) is 49.6 Å². The van der Waals surface area contributed by atoms with Crippen LogP contribution >= 0.6 is 34.3 Å². The van der Waals surface area contributed by atoms with Gasteiger partial charge in [-0.15, -0.1) is 22.7 Å². The number of rotatable bonds is 7. The van der Waals surface area contributed by atoms with Crippen LogP contribution in [0.5, 0.6) is 0 Å². The van der Waals surface area contributed by atoms with Crippen molar-refractivity contribution >= 4 is 57.5 Å². The quantitative estimate of drug-likeness (QED) is 0.529. The van der Waals surface area contributed by atoms with Crippen LogP contribution in [-0.4, -0.2) is 61.1 Å². The van der Waals surface area contributed by atoms with Gasteiger partial charge in [0.1, 0.15) is 17.2 Å². The number of hydrogen-bond donors (Lipinski definition) is 1. The van der Waals surface area contributed by atoms with Crippen molar-refractivity contribution in [3.05, 3.63) is 51.8 Å². The van der Waals surface area contributed by atoms with Crippen LogP contribution in [0.4, 0.5) is 11.4 Å². The number of carbonyl (C=O) groups is 2. The molecule has 2 aromatic heterocycles. The highest BCUT2D eigenvalue weighted by atomic mass is 35.5. The second-order valence-corrected chi connectivity index (χ2v) is 9.73. The van der Waals surface area contributed by atoms with E-state index in [4.69, 9.17) is 16.3 Å². The van der Waals surface area contributed by atoms with Crippen LogP contribution in [0.2, 0.25) is 4.34 Å². The molecule has 2 amide bonds. The summed E-state index contributed by atoms with van der Waals surface area (Å²) in [5.41, 5.74) is 2.13. The molecule has 10 heteroatoms. The first kappa shape index (κ1) is 22.7. The standard InChI is InChI=1S/C22H23ClN4O3S2/c1-2-26(22(29)17-14-31-21(25-17)18-7-8-19(23)32-18)13-20(28)24-15-3-5-16(6-4-15)27-9-11-30-12-10-27/h3-8,14H,2,9-13H2,1H3,(H,24,28). The molecule has 3 aromatic rings. The van der Waals surface area contributed by atoms with E-state index in [0.29, 0.717) is 22.3 Å². The number of likely N-dealkylation sites (N-methyl/N-ethyl adjacent to an activating group) is 1. The van der Waals surface area contributed by atoms with Gasteiger partial charge in [0.25, 0.3) is 5.91 Å². The van der Waals surface area contributed by atoms with Gasteiger partial charge in [-0.1, -0.05) is 11.6 Å². The molecule has 0 unspecified atom stereocenters. The van der Waals surface area contributed by atoms with Gasteiger partial charge in [-0.05, 0) is 43.3 Å². The smallest absolute Gasteiger partial charge is 0.273 e. The summed E-state index contributed by atoms with van der Waals surface area (Å²) in [7, 11) is 0. The number of morpholine rings is 1. The summed E-state index contributed by atoms with van der Waals surface area (Å²) >= 11 is 8.80. The first-order chi connectivity index (χ1) is 15.5. The molecule has 0 saturated carbocycles. The number of thiophene rings is 1. The minimum absolute atomic E-state index is 0.0434. The number of nitrogens with zero attached hydrogens (tertiary/aromatic N) is 3. The molecule has 1 aromatic carbocycles. The number of carbonyl (C=O) groups excluding carboxylic acids is 2. The van der Waals surface area contributed by atoms with Crippen LogP contribution in [0, 0.1) is 0 Å². The monoisotopic (exact) mass is 490 g/mol. The maximum atomic E-state index is 12.9. The second-order valence-electron chi connectivity index (χ2n) is 7.16. The van der Waals surface area contributed by atoms with E-state index in [1.165, 1.54) is 27.6 Å². The van der Waals surface area contributed by atoms with Crippen molar-refractivity contribution in [3.63, 3.8) is 0 Å². The highest BCUT2D eigenvalue weighted by molar-refractivity contribution is 7.23. The van der Waals surface area contributed by atoms with Crippen molar-refractivity contribution < 1.29 is 14.3 Å². The molecule has 7 nitrogen and oxygen atoms in total. The number of amides is 2. The van der Waals surface area contributed by atoms with E-state index in [2.05, 4.69) is 15.2 Å². The third-order valence-electron chi connectivity index (χ3n) is 5.04. The minimum Gasteiger partial charge on any atom is -0.378 e. The normalized spacial score (nSPS) is 13.8. The van der Waals surface area contributed by atoms with E-state index in [9.17, 15) is 9.59 Å². The number of anilines is 2. The lowest BCUT2D eigenvalue weighted by molar-refractivity contribution is -0.116. The topological polar surface area (TPSA) is 74.8 Å². The summed E-state index contributed by atoms with van der Waals surface area (Å²) in [5.74, 6) is -0.518. The van der Waals surface area contributed by atoms with Crippen LogP contribution < -0.4 is 10.2 Å². The van der Waals surface area contributed by atoms with Crippen LogP contribution in [0.1, 0.15) is 17.4 Å². The number of hydrogen-bond acceptors (Lipinski definition) is 7. The second kappa shape index (κ2) is 10.4. The molecule has 0 radical (unpaired) electrons. The minimum atomic E-state index is -0.268. The number of ether oxygens (including phenoxy) is 1. The zero-order chi connectivity index (χ0) is 22.5.